The van der Waals surface area contributed by atoms with Crippen LogP contribution in [-0.4, -0.2) is 70.7 Å². The molecule has 0 amide bonds. The lowest BCUT2D eigenvalue weighted by atomic mass is 10.1. The van der Waals surface area contributed by atoms with E-state index in [2.05, 4.69) is 62.5 Å². The number of rotatable bonds is 47. The molecule has 0 aromatic carbocycles. The second-order valence-electron chi connectivity index (χ2n) is 18.2. The minimum Gasteiger partial charge on any atom is -0.756 e. The van der Waals surface area contributed by atoms with E-state index in [1.807, 2.05) is 21.1 Å². The molecule has 2 unspecified atom stereocenters. The van der Waals surface area contributed by atoms with Gasteiger partial charge in [-0.25, -0.2) is 0 Å². The lowest BCUT2D eigenvalue weighted by Gasteiger charge is -2.28. The standard InChI is InChI=1S/C52H98NO7P/c1-6-8-10-12-14-16-18-20-22-24-26-28-30-32-34-36-38-40-42-44-47-57-49-51(50-59-61(55,56)58-48-46-53(3,4)5)60-52(54)45-43-41-39-37-35-33-31-29-27-25-23-21-19-17-15-13-11-9-7-2/h14,16,20-23,26,28,51H,6-13,15,17-19,24-25,27,29-50H2,1-5H3/b16-14-,22-20-,23-21-,28-26-. The molecule has 0 fully saturated rings. The molecule has 0 N–H and O–H groups in total. The summed E-state index contributed by atoms with van der Waals surface area (Å²) in [7, 11) is 1.35. The first kappa shape index (κ1) is 59.5. The topological polar surface area (TPSA) is 94.1 Å². The SMILES string of the molecule is CCCCC/C=C\C/C=C\C/C=C\CCCCCCCCCOCC(COP(=O)([O-])OCC[N+](C)(C)C)OC(=O)CCCCCCCCCCC/C=C\CCCCCCCC. The van der Waals surface area contributed by atoms with Crippen molar-refractivity contribution < 1.29 is 37.3 Å². The lowest BCUT2D eigenvalue weighted by molar-refractivity contribution is -0.870. The second-order valence-corrected chi connectivity index (χ2v) is 19.6. The first-order valence-electron chi connectivity index (χ1n) is 25.4. The molecule has 61 heavy (non-hydrogen) atoms. The van der Waals surface area contributed by atoms with Crippen LogP contribution in [0.1, 0.15) is 219 Å². The van der Waals surface area contributed by atoms with Crippen LogP contribution in [0, 0.1) is 0 Å². The predicted octanol–water partition coefficient (Wildman–Crippen LogP) is 14.9. The third-order valence-corrected chi connectivity index (χ3v) is 11.8. The van der Waals surface area contributed by atoms with Gasteiger partial charge in [-0.3, -0.25) is 9.36 Å². The summed E-state index contributed by atoms with van der Waals surface area (Å²) in [6.45, 7) is 5.37. The number of hydrogen-bond acceptors (Lipinski definition) is 7. The van der Waals surface area contributed by atoms with Gasteiger partial charge in [-0.05, 0) is 77.0 Å². The number of carbonyl (C=O) groups is 1. The van der Waals surface area contributed by atoms with Crippen LogP contribution in [0.25, 0.3) is 0 Å². The highest BCUT2D eigenvalue weighted by atomic mass is 31.2. The van der Waals surface area contributed by atoms with Crippen LogP contribution in [0.15, 0.2) is 48.6 Å². The number of hydrogen-bond donors (Lipinski definition) is 0. The zero-order valence-electron chi connectivity index (χ0n) is 40.6. The molecule has 0 bridgehead atoms. The average Bonchev–Trinajstić information content (AvgIpc) is 3.22. The molecule has 0 aliphatic rings. The average molecular weight is 880 g/mol. The highest BCUT2D eigenvalue weighted by Gasteiger charge is 2.20. The maximum absolute atomic E-state index is 12.7. The fourth-order valence-corrected chi connectivity index (χ4v) is 7.63. The molecule has 358 valence electrons. The zero-order chi connectivity index (χ0) is 44.8. The number of allylic oxidation sites excluding steroid dienone is 8. The van der Waals surface area contributed by atoms with Gasteiger partial charge in [0.15, 0.2) is 0 Å². The molecule has 0 rings (SSSR count). The minimum atomic E-state index is -4.53. The van der Waals surface area contributed by atoms with E-state index in [0.717, 1.165) is 51.4 Å². The van der Waals surface area contributed by atoms with Crippen molar-refractivity contribution in [1.82, 2.24) is 0 Å². The van der Waals surface area contributed by atoms with Crippen LogP contribution < -0.4 is 4.89 Å². The minimum absolute atomic E-state index is 0.0227. The number of phosphoric acid groups is 1. The molecule has 0 saturated carbocycles. The van der Waals surface area contributed by atoms with E-state index in [1.165, 1.54) is 148 Å². The van der Waals surface area contributed by atoms with Gasteiger partial charge < -0.3 is 27.9 Å². The Labute approximate surface area is 378 Å². The molecule has 2 atom stereocenters. The molecule has 0 spiro atoms. The van der Waals surface area contributed by atoms with Gasteiger partial charge in [-0.2, -0.15) is 0 Å². The van der Waals surface area contributed by atoms with Gasteiger partial charge in [0, 0.05) is 13.0 Å². The van der Waals surface area contributed by atoms with Crippen LogP contribution in [-0.2, 0) is 27.9 Å². The van der Waals surface area contributed by atoms with Gasteiger partial charge in [-0.15, -0.1) is 0 Å². The Hall–Kier alpha value is -1.54. The molecule has 0 radical (unpaired) electrons. The molecule has 0 saturated heterocycles. The molecule has 0 aliphatic heterocycles. The Morgan fingerprint density at radius 3 is 1.39 bits per heavy atom. The molecule has 8 nitrogen and oxygen atoms in total. The number of unbranched alkanes of at least 4 members (excludes halogenated alkanes) is 25. The zero-order valence-corrected chi connectivity index (χ0v) is 41.5. The van der Waals surface area contributed by atoms with Crippen molar-refractivity contribution in [3.63, 3.8) is 0 Å². The summed E-state index contributed by atoms with van der Waals surface area (Å²) >= 11 is 0. The Bertz CT molecular complexity index is 1120. The normalized spacial score (nSPS) is 14.0. The van der Waals surface area contributed by atoms with E-state index in [0.29, 0.717) is 24.1 Å². The lowest BCUT2D eigenvalue weighted by Crippen LogP contribution is -2.37. The summed E-state index contributed by atoms with van der Waals surface area (Å²) in [5, 5.41) is 0. The van der Waals surface area contributed by atoms with E-state index in [-0.39, 0.29) is 25.8 Å². The number of ether oxygens (including phenoxy) is 2. The number of carbonyl (C=O) groups excluding carboxylic acids is 1. The van der Waals surface area contributed by atoms with Crippen LogP contribution >= 0.6 is 7.82 Å². The van der Waals surface area contributed by atoms with E-state index in [4.69, 9.17) is 18.5 Å². The van der Waals surface area contributed by atoms with Crippen molar-refractivity contribution in [2.24, 2.45) is 0 Å². The monoisotopic (exact) mass is 880 g/mol. The molecule has 0 heterocycles. The largest absolute Gasteiger partial charge is 0.756 e. The number of quaternary nitrogens is 1. The highest BCUT2D eigenvalue weighted by molar-refractivity contribution is 7.45. The first-order valence-corrected chi connectivity index (χ1v) is 26.8. The van der Waals surface area contributed by atoms with Gasteiger partial charge in [0.2, 0.25) is 0 Å². The van der Waals surface area contributed by atoms with Crippen molar-refractivity contribution in [2.75, 3.05) is 54.1 Å². The van der Waals surface area contributed by atoms with Gasteiger partial charge >= 0.3 is 5.97 Å². The molecule has 0 aliphatic carbocycles. The smallest absolute Gasteiger partial charge is 0.306 e. The predicted molar refractivity (Wildman–Crippen MR) is 259 cm³/mol. The number of nitrogens with zero attached hydrogens (tertiary/aromatic N) is 1. The molecule has 0 aromatic heterocycles. The van der Waals surface area contributed by atoms with Gasteiger partial charge in [0.1, 0.15) is 19.3 Å². The summed E-state index contributed by atoms with van der Waals surface area (Å²) in [6, 6.07) is 0. The third kappa shape index (κ3) is 49.3. The second kappa shape index (κ2) is 45.0. The van der Waals surface area contributed by atoms with Crippen LogP contribution in [0.4, 0.5) is 0 Å². The number of phosphoric ester groups is 1. The third-order valence-electron chi connectivity index (χ3n) is 10.9. The van der Waals surface area contributed by atoms with E-state index < -0.39 is 13.9 Å². The Balaban J connectivity index is 4.18. The summed E-state index contributed by atoms with van der Waals surface area (Å²) in [5.74, 6) is -0.339. The van der Waals surface area contributed by atoms with Crippen LogP contribution in [0.2, 0.25) is 0 Å². The first-order chi connectivity index (χ1) is 29.6. The van der Waals surface area contributed by atoms with Gasteiger partial charge in [-0.1, -0.05) is 184 Å². The molecular weight excluding hydrogens is 782 g/mol. The van der Waals surface area contributed by atoms with Crippen LogP contribution in [0.3, 0.4) is 0 Å². The van der Waals surface area contributed by atoms with E-state index in [9.17, 15) is 14.3 Å². The van der Waals surface area contributed by atoms with Crippen molar-refractivity contribution >= 4 is 13.8 Å². The van der Waals surface area contributed by atoms with Crippen molar-refractivity contribution in [3.8, 4) is 0 Å². The number of esters is 1. The van der Waals surface area contributed by atoms with Crippen LogP contribution in [0.5, 0.6) is 0 Å². The maximum Gasteiger partial charge on any atom is 0.306 e. The summed E-state index contributed by atoms with van der Waals surface area (Å²) in [4.78, 5) is 25.2. The number of likely N-dealkylation sites (N-methyl/N-ethyl adjacent to an activating group) is 1. The van der Waals surface area contributed by atoms with Gasteiger partial charge in [0.25, 0.3) is 7.82 Å². The Kier molecular flexibility index (Phi) is 43.9. The highest BCUT2D eigenvalue weighted by Crippen LogP contribution is 2.38. The van der Waals surface area contributed by atoms with Gasteiger partial charge in [0.05, 0.1) is 34.4 Å². The molecular formula is C52H98NO7P. The summed E-state index contributed by atoms with van der Waals surface area (Å²) in [6.07, 6.45) is 55.5. The van der Waals surface area contributed by atoms with Crippen molar-refractivity contribution in [1.29, 1.82) is 0 Å². The van der Waals surface area contributed by atoms with Crippen molar-refractivity contribution in [2.45, 2.75) is 225 Å². The molecule has 0 aromatic rings. The fourth-order valence-electron chi connectivity index (χ4n) is 6.90. The van der Waals surface area contributed by atoms with Crippen molar-refractivity contribution in [3.05, 3.63) is 48.6 Å². The summed E-state index contributed by atoms with van der Waals surface area (Å²) < 4.78 is 34.7. The Morgan fingerprint density at radius 2 is 0.902 bits per heavy atom. The quantitative estimate of drug-likeness (QED) is 0.0198. The molecule has 9 heteroatoms. The fraction of sp³-hybridized carbons (Fsp3) is 0.827. The summed E-state index contributed by atoms with van der Waals surface area (Å²) in [5.41, 5.74) is 0. The van der Waals surface area contributed by atoms with E-state index in [1.54, 1.807) is 0 Å². The maximum atomic E-state index is 12.7. The Morgan fingerprint density at radius 1 is 0.508 bits per heavy atom. The van der Waals surface area contributed by atoms with E-state index >= 15 is 0 Å².